The number of thiophene rings is 1. The lowest BCUT2D eigenvalue weighted by atomic mass is 9.89. The number of hydrogen-bond donors (Lipinski definition) is 0. The van der Waals surface area contributed by atoms with Crippen LogP contribution in [0.1, 0.15) is 50.0 Å². The molecule has 7 heteroatoms. The van der Waals surface area contributed by atoms with E-state index < -0.39 is 0 Å². The molecule has 25 heavy (non-hydrogen) atoms. The zero-order valence-electron chi connectivity index (χ0n) is 14.8. The second-order valence-corrected chi connectivity index (χ2v) is 8.60. The molecule has 0 aromatic carbocycles. The summed E-state index contributed by atoms with van der Waals surface area (Å²) in [5.74, 6) is 0.624. The Balaban J connectivity index is 1.65. The van der Waals surface area contributed by atoms with Gasteiger partial charge in [-0.05, 0) is 56.9 Å². The topological polar surface area (TPSA) is 68.1 Å². The number of hydrogen-bond acceptors (Lipinski definition) is 5. The van der Waals surface area contributed by atoms with Gasteiger partial charge in [0, 0.05) is 17.5 Å². The van der Waals surface area contributed by atoms with Crippen molar-refractivity contribution in [2.24, 2.45) is 5.92 Å². The predicted molar refractivity (Wildman–Crippen MR) is 97.9 cm³/mol. The molecule has 2 aromatic heterocycles. The third-order valence-electron chi connectivity index (χ3n) is 5.59. The van der Waals surface area contributed by atoms with E-state index in [0.29, 0.717) is 11.3 Å². The van der Waals surface area contributed by atoms with Crippen molar-refractivity contribution in [1.82, 2.24) is 19.9 Å². The fourth-order valence-electron chi connectivity index (χ4n) is 4.08. The summed E-state index contributed by atoms with van der Waals surface area (Å²) in [6.07, 6.45) is 6.27. The van der Waals surface area contributed by atoms with Crippen LogP contribution in [0.5, 0.6) is 0 Å². The molecule has 1 saturated heterocycles. The van der Waals surface area contributed by atoms with Crippen LogP contribution in [0.2, 0.25) is 0 Å². The van der Waals surface area contributed by atoms with Gasteiger partial charge in [0.2, 0.25) is 5.91 Å². The third kappa shape index (κ3) is 2.99. The van der Waals surface area contributed by atoms with E-state index in [-0.39, 0.29) is 24.1 Å². The fraction of sp³-hybridized carbons (Fsp3) is 0.667. The fourth-order valence-corrected chi connectivity index (χ4v) is 5.40. The maximum Gasteiger partial charge on any atom is 0.279 e. The first-order valence-electron chi connectivity index (χ1n) is 9.22. The highest BCUT2D eigenvalue weighted by Crippen LogP contribution is 2.35. The second kappa shape index (κ2) is 6.52. The van der Waals surface area contributed by atoms with Gasteiger partial charge < -0.3 is 4.90 Å². The Kier molecular flexibility index (Phi) is 4.35. The van der Waals surface area contributed by atoms with Gasteiger partial charge in [-0.3, -0.25) is 9.59 Å². The van der Waals surface area contributed by atoms with E-state index in [9.17, 15) is 9.59 Å². The molecule has 1 fully saturated rings. The van der Waals surface area contributed by atoms with Gasteiger partial charge in [0.1, 0.15) is 6.54 Å². The van der Waals surface area contributed by atoms with Crippen molar-refractivity contribution in [3.63, 3.8) is 0 Å². The standard InChI is InChI=1S/C18H24N4O2S/c1-11-6-7-13-14(9-11)25-17-16(13)18(24)22(20-19-17)10-15(23)21-8-4-3-5-12(21)2/h11-12H,3-10H2,1-2H3. The van der Waals surface area contributed by atoms with Crippen molar-refractivity contribution < 1.29 is 4.79 Å². The summed E-state index contributed by atoms with van der Waals surface area (Å²) in [4.78, 5) is 29.5. The van der Waals surface area contributed by atoms with Crippen LogP contribution in [0.4, 0.5) is 0 Å². The van der Waals surface area contributed by atoms with Crippen LogP contribution in [0, 0.1) is 5.92 Å². The van der Waals surface area contributed by atoms with Crippen molar-refractivity contribution in [3.8, 4) is 0 Å². The van der Waals surface area contributed by atoms with Crippen LogP contribution in [0.15, 0.2) is 4.79 Å². The molecule has 0 saturated carbocycles. The second-order valence-electron chi connectivity index (χ2n) is 7.52. The van der Waals surface area contributed by atoms with Crippen LogP contribution in [-0.4, -0.2) is 38.4 Å². The Morgan fingerprint density at radius 3 is 2.92 bits per heavy atom. The minimum absolute atomic E-state index is 0.00681. The first-order chi connectivity index (χ1) is 12.0. The van der Waals surface area contributed by atoms with Crippen LogP contribution >= 0.6 is 11.3 Å². The maximum absolute atomic E-state index is 12.9. The van der Waals surface area contributed by atoms with Gasteiger partial charge in [0.15, 0.2) is 4.83 Å². The first kappa shape index (κ1) is 16.7. The average Bonchev–Trinajstić information content (AvgIpc) is 2.95. The molecule has 4 rings (SSSR count). The molecule has 0 spiro atoms. The van der Waals surface area contributed by atoms with Crippen molar-refractivity contribution in [3.05, 3.63) is 20.8 Å². The van der Waals surface area contributed by atoms with E-state index in [4.69, 9.17) is 0 Å². The van der Waals surface area contributed by atoms with Crippen molar-refractivity contribution in [1.29, 1.82) is 0 Å². The summed E-state index contributed by atoms with van der Waals surface area (Å²) < 4.78 is 1.26. The summed E-state index contributed by atoms with van der Waals surface area (Å²) in [5, 5.41) is 8.99. The maximum atomic E-state index is 12.9. The lowest BCUT2D eigenvalue weighted by Gasteiger charge is -2.33. The molecule has 2 aliphatic rings. The predicted octanol–water partition coefficient (Wildman–Crippen LogP) is 2.38. The summed E-state index contributed by atoms with van der Waals surface area (Å²) in [7, 11) is 0. The van der Waals surface area contributed by atoms with Crippen LogP contribution in [0.3, 0.4) is 0 Å². The molecular weight excluding hydrogens is 336 g/mol. The average molecular weight is 360 g/mol. The van der Waals surface area contributed by atoms with Crippen molar-refractivity contribution in [2.75, 3.05) is 6.54 Å². The molecule has 1 aliphatic carbocycles. The van der Waals surface area contributed by atoms with Gasteiger partial charge in [-0.25, -0.2) is 4.68 Å². The van der Waals surface area contributed by atoms with Gasteiger partial charge in [-0.15, -0.1) is 16.4 Å². The molecule has 1 aliphatic heterocycles. The third-order valence-corrected chi connectivity index (χ3v) is 6.73. The molecule has 3 heterocycles. The number of carbonyl (C=O) groups is 1. The number of carbonyl (C=O) groups excluding carboxylic acids is 1. The highest BCUT2D eigenvalue weighted by Gasteiger charge is 2.26. The summed E-state index contributed by atoms with van der Waals surface area (Å²) in [6.45, 7) is 5.09. The largest absolute Gasteiger partial charge is 0.338 e. The first-order valence-corrected chi connectivity index (χ1v) is 10.0. The Morgan fingerprint density at radius 2 is 2.12 bits per heavy atom. The number of nitrogens with zero attached hydrogens (tertiary/aromatic N) is 4. The number of fused-ring (bicyclic) bond motifs is 3. The summed E-state index contributed by atoms with van der Waals surface area (Å²) in [6, 6.07) is 0.240. The minimum Gasteiger partial charge on any atom is -0.338 e. The number of aromatic nitrogens is 3. The van der Waals surface area contributed by atoms with E-state index in [1.165, 1.54) is 9.56 Å². The number of piperidine rings is 1. The number of aryl methyl sites for hydroxylation is 1. The summed E-state index contributed by atoms with van der Waals surface area (Å²) in [5.41, 5.74) is 0.987. The molecule has 0 bridgehead atoms. The van der Waals surface area contributed by atoms with Gasteiger partial charge in [-0.1, -0.05) is 12.1 Å². The van der Waals surface area contributed by atoms with E-state index >= 15 is 0 Å². The normalized spacial score (nSPS) is 23.7. The van der Waals surface area contributed by atoms with E-state index in [1.54, 1.807) is 11.3 Å². The highest BCUT2D eigenvalue weighted by molar-refractivity contribution is 7.18. The summed E-state index contributed by atoms with van der Waals surface area (Å²) >= 11 is 1.59. The molecule has 134 valence electrons. The van der Waals surface area contributed by atoms with Crippen LogP contribution in [0.25, 0.3) is 10.2 Å². The molecule has 2 atom stereocenters. The Hall–Kier alpha value is -1.76. The minimum atomic E-state index is -0.157. The quantitative estimate of drug-likeness (QED) is 0.825. The Labute approximate surface area is 150 Å². The highest BCUT2D eigenvalue weighted by atomic mass is 32.1. The molecule has 2 unspecified atom stereocenters. The molecule has 2 aromatic rings. The monoisotopic (exact) mass is 360 g/mol. The Morgan fingerprint density at radius 1 is 1.28 bits per heavy atom. The number of amides is 1. The van der Waals surface area contributed by atoms with Gasteiger partial charge in [0.25, 0.3) is 5.56 Å². The lowest BCUT2D eigenvalue weighted by molar-refractivity contribution is -0.135. The molecule has 0 radical (unpaired) electrons. The Bertz CT molecular complexity index is 872. The zero-order chi connectivity index (χ0) is 17.6. The molecule has 6 nitrogen and oxygen atoms in total. The van der Waals surface area contributed by atoms with Gasteiger partial charge in [-0.2, -0.15) is 0 Å². The smallest absolute Gasteiger partial charge is 0.279 e. The zero-order valence-corrected chi connectivity index (χ0v) is 15.6. The van der Waals surface area contributed by atoms with E-state index in [0.717, 1.165) is 55.5 Å². The van der Waals surface area contributed by atoms with Crippen LogP contribution < -0.4 is 5.56 Å². The van der Waals surface area contributed by atoms with E-state index in [1.807, 2.05) is 4.90 Å². The SMILES string of the molecule is CC1CCc2c(sc3nnn(CC(=O)N4CCCCC4C)c(=O)c23)C1. The van der Waals surface area contributed by atoms with Gasteiger partial charge in [0.05, 0.1) is 5.39 Å². The van der Waals surface area contributed by atoms with Gasteiger partial charge >= 0.3 is 0 Å². The molecule has 0 N–H and O–H groups in total. The molecule has 1 amide bonds. The van der Waals surface area contributed by atoms with Crippen molar-refractivity contribution in [2.45, 2.75) is 65.0 Å². The van der Waals surface area contributed by atoms with Crippen LogP contribution in [-0.2, 0) is 24.2 Å². The number of likely N-dealkylation sites (tertiary alicyclic amines) is 1. The van der Waals surface area contributed by atoms with E-state index in [2.05, 4.69) is 24.2 Å². The molecular formula is C18H24N4O2S. The van der Waals surface area contributed by atoms with Crippen molar-refractivity contribution >= 4 is 27.5 Å². The lowest BCUT2D eigenvalue weighted by Crippen LogP contribution is -2.45. The number of rotatable bonds is 2.